The zero-order chi connectivity index (χ0) is 20.2. The van der Waals surface area contributed by atoms with E-state index in [1.165, 1.54) is 89.9 Å². The highest BCUT2D eigenvalue weighted by Gasteiger charge is 2.21. The molecule has 0 bridgehead atoms. The molecular weight excluding hydrogens is 336 g/mol. The number of rotatable bonds is 21. The molecule has 0 amide bonds. The quantitative estimate of drug-likeness (QED) is 0.201. The number of aliphatic hydroxyl groups excluding tert-OH is 3. The lowest BCUT2D eigenvalue weighted by Crippen LogP contribution is -2.26. The maximum Gasteiger partial charge on any atom is 0.0593 e. The minimum Gasteiger partial charge on any atom is -0.396 e. The first-order chi connectivity index (χ1) is 13.2. The summed E-state index contributed by atoms with van der Waals surface area (Å²) in [5, 5.41) is 29.5. The van der Waals surface area contributed by atoms with Crippen LogP contribution in [0.2, 0.25) is 0 Å². The molecule has 0 spiro atoms. The van der Waals surface area contributed by atoms with E-state index in [1.54, 1.807) is 0 Å². The van der Waals surface area contributed by atoms with Gasteiger partial charge in [-0.15, -0.1) is 0 Å². The summed E-state index contributed by atoms with van der Waals surface area (Å²) in [4.78, 5) is 0. The van der Waals surface area contributed by atoms with Crippen molar-refractivity contribution in [1.29, 1.82) is 0 Å². The SMILES string of the molecule is CCCCCCCCCCC(CCCCCCCC)C(O)CC(O)CCO. The number of hydrogen-bond acceptors (Lipinski definition) is 3. The maximum atomic E-state index is 10.6. The van der Waals surface area contributed by atoms with Crippen LogP contribution in [0.1, 0.15) is 129 Å². The lowest BCUT2D eigenvalue weighted by molar-refractivity contribution is 0.0270. The molecule has 3 unspecified atom stereocenters. The van der Waals surface area contributed by atoms with Gasteiger partial charge >= 0.3 is 0 Å². The molecule has 3 N–H and O–H groups in total. The molecule has 0 rings (SSSR count). The van der Waals surface area contributed by atoms with Crippen LogP contribution in [0.25, 0.3) is 0 Å². The van der Waals surface area contributed by atoms with Gasteiger partial charge in [-0.05, 0) is 31.6 Å². The molecule has 0 aromatic carbocycles. The Balaban J connectivity index is 4.07. The molecule has 0 aliphatic heterocycles. The van der Waals surface area contributed by atoms with Crippen LogP contribution in [0, 0.1) is 5.92 Å². The monoisotopic (exact) mass is 386 g/mol. The second kappa shape index (κ2) is 20.6. The van der Waals surface area contributed by atoms with E-state index in [1.807, 2.05) is 0 Å². The van der Waals surface area contributed by atoms with Gasteiger partial charge in [0.25, 0.3) is 0 Å². The zero-order valence-corrected chi connectivity index (χ0v) is 18.5. The molecule has 0 fully saturated rings. The second-order valence-corrected chi connectivity index (χ2v) is 8.55. The van der Waals surface area contributed by atoms with Gasteiger partial charge in [-0.2, -0.15) is 0 Å². The Bertz CT molecular complexity index is 283. The third-order valence-corrected chi connectivity index (χ3v) is 5.88. The van der Waals surface area contributed by atoms with Gasteiger partial charge in [0.2, 0.25) is 0 Å². The van der Waals surface area contributed by atoms with Gasteiger partial charge in [-0.25, -0.2) is 0 Å². The van der Waals surface area contributed by atoms with Crippen LogP contribution >= 0.6 is 0 Å². The molecule has 164 valence electrons. The van der Waals surface area contributed by atoms with Gasteiger partial charge in [0.05, 0.1) is 12.2 Å². The highest BCUT2D eigenvalue weighted by Crippen LogP contribution is 2.25. The van der Waals surface area contributed by atoms with Crippen LogP contribution in [0.15, 0.2) is 0 Å². The minimum absolute atomic E-state index is 0.00594. The molecule has 27 heavy (non-hydrogen) atoms. The first-order valence-corrected chi connectivity index (χ1v) is 12.1. The third kappa shape index (κ3) is 17.7. The normalized spacial score (nSPS) is 15.0. The van der Waals surface area contributed by atoms with E-state index < -0.39 is 12.2 Å². The van der Waals surface area contributed by atoms with Gasteiger partial charge in [0, 0.05) is 6.61 Å². The first kappa shape index (κ1) is 26.9. The summed E-state index contributed by atoms with van der Waals surface area (Å²) in [5.41, 5.74) is 0. The standard InChI is InChI=1S/C24H50O3/c1-3-5-7-9-11-12-14-16-18-22(17-15-13-10-8-6-4-2)24(27)21-23(26)19-20-25/h22-27H,3-21H2,1-2H3. The Labute approximate surface area is 170 Å². The predicted octanol–water partition coefficient (Wildman–Crippen LogP) is 6.38. The van der Waals surface area contributed by atoms with Gasteiger partial charge < -0.3 is 15.3 Å². The summed E-state index contributed by atoms with van der Waals surface area (Å²) in [5.74, 6) is 0.310. The Morgan fingerprint density at radius 3 is 1.37 bits per heavy atom. The molecule has 0 saturated heterocycles. The molecule has 0 radical (unpaired) electrons. The fourth-order valence-corrected chi connectivity index (χ4v) is 3.99. The van der Waals surface area contributed by atoms with Crippen molar-refractivity contribution >= 4 is 0 Å². The largest absolute Gasteiger partial charge is 0.396 e. The molecule has 0 aliphatic carbocycles. The molecule has 0 saturated carbocycles. The molecule has 3 nitrogen and oxygen atoms in total. The van der Waals surface area contributed by atoms with E-state index >= 15 is 0 Å². The van der Waals surface area contributed by atoms with Gasteiger partial charge in [-0.3, -0.25) is 0 Å². The first-order valence-electron chi connectivity index (χ1n) is 12.1. The number of unbranched alkanes of at least 4 members (excludes halogenated alkanes) is 12. The highest BCUT2D eigenvalue weighted by molar-refractivity contribution is 4.73. The van der Waals surface area contributed by atoms with Crippen molar-refractivity contribution in [2.24, 2.45) is 5.92 Å². The van der Waals surface area contributed by atoms with Crippen molar-refractivity contribution in [1.82, 2.24) is 0 Å². The van der Waals surface area contributed by atoms with Gasteiger partial charge in [0.15, 0.2) is 0 Å². The van der Waals surface area contributed by atoms with E-state index in [0.717, 1.165) is 12.8 Å². The Morgan fingerprint density at radius 2 is 0.963 bits per heavy atom. The molecule has 0 aliphatic rings. The molecule has 0 aromatic rings. The average Bonchev–Trinajstić information content (AvgIpc) is 2.64. The fraction of sp³-hybridized carbons (Fsp3) is 1.00. The lowest BCUT2D eigenvalue weighted by Gasteiger charge is -2.25. The van der Waals surface area contributed by atoms with Crippen LogP contribution in [-0.4, -0.2) is 34.1 Å². The average molecular weight is 387 g/mol. The van der Waals surface area contributed by atoms with E-state index in [-0.39, 0.29) is 6.61 Å². The topological polar surface area (TPSA) is 60.7 Å². The van der Waals surface area contributed by atoms with Gasteiger partial charge in [0.1, 0.15) is 0 Å². The Kier molecular flexibility index (Phi) is 20.5. The maximum absolute atomic E-state index is 10.6. The third-order valence-electron chi connectivity index (χ3n) is 5.88. The van der Waals surface area contributed by atoms with Crippen molar-refractivity contribution in [3.8, 4) is 0 Å². The van der Waals surface area contributed by atoms with Crippen molar-refractivity contribution in [3.05, 3.63) is 0 Å². The van der Waals surface area contributed by atoms with Crippen LogP contribution in [0.4, 0.5) is 0 Å². The molecule has 3 atom stereocenters. The summed E-state index contributed by atoms with van der Waals surface area (Å²) in [6.07, 6.45) is 20.2. The second-order valence-electron chi connectivity index (χ2n) is 8.55. The molecule has 3 heteroatoms. The summed E-state index contributed by atoms with van der Waals surface area (Å²) in [6.45, 7) is 4.49. The van der Waals surface area contributed by atoms with Crippen molar-refractivity contribution in [3.63, 3.8) is 0 Å². The van der Waals surface area contributed by atoms with Crippen LogP contribution in [-0.2, 0) is 0 Å². The number of hydrogen-bond donors (Lipinski definition) is 3. The van der Waals surface area contributed by atoms with Crippen LogP contribution in [0.5, 0.6) is 0 Å². The van der Waals surface area contributed by atoms with Gasteiger partial charge in [-0.1, -0.05) is 104 Å². The summed E-state index contributed by atoms with van der Waals surface area (Å²) in [7, 11) is 0. The number of aliphatic hydroxyl groups is 3. The Hall–Kier alpha value is -0.120. The summed E-state index contributed by atoms with van der Waals surface area (Å²) in [6, 6.07) is 0. The van der Waals surface area contributed by atoms with E-state index in [4.69, 9.17) is 5.11 Å². The zero-order valence-electron chi connectivity index (χ0n) is 18.5. The van der Waals surface area contributed by atoms with Crippen molar-refractivity contribution in [2.75, 3.05) is 6.61 Å². The summed E-state index contributed by atoms with van der Waals surface area (Å²) >= 11 is 0. The van der Waals surface area contributed by atoms with E-state index in [0.29, 0.717) is 18.8 Å². The highest BCUT2D eigenvalue weighted by atomic mass is 16.3. The summed E-state index contributed by atoms with van der Waals surface area (Å²) < 4.78 is 0. The fourth-order valence-electron chi connectivity index (χ4n) is 3.99. The lowest BCUT2D eigenvalue weighted by atomic mass is 9.87. The molecule has 0 aromatic heterocycles. The van der Waals surface area contributed by atoms with Crippen molar-refractivity contribution in [2.45, 2.75) is 142 Å². The van der Waals surface area contributed by atoms with E-state index in [2.05, 4.69) is 13.8 Å². The minimum atomic E-state index is -0.574. The smallest absolute Gasteiger partial charge is 0.0593 e. The molecule has 0 heterocycles. The predicted molar refractivity (Wildman–Crippen MR) is 117 cm³/mol. The molecular formula is C24H50O3. The van der Waals surface area contributed by atoms with Crippen LogP contribution in [0.3, 0.4) is 0 Å². The van der Waals surface area contributed by atoms with E-state index in [9.17, 15) is 10.2 Å². The van der Waals surface area contributed by atoms with Crippen molar-refractivity contribution < 1.29 is 15.3 Å². The van der Waals surface area contributed by atoms with Crippen LogP contribution < -0.4 is 0 Å². The Morgan fingerprint density at radius 1 is 0.556 bits per heavy atom.